The van der Waals surface area contributed by atoms with Crippen molar-refractivity contribution in [3.05, 3.63) is 36.1 Å². The third-order valence-corrected chi connectivity index (χ3v) is 4.42. The normalized spacial score (nSPS) is 18.4. The van der Waals surface area contributed by atoms with Crippen LogP contribution in [-0.4, -0.2) is 41.9 Å². The van der Waals surface area contributed by atoms with Crippen LogP contribution in [0.1, 0.15) is 0 Å². The fraction of sp³-hybridized carbons (Fsp3) is 0.333. The Kier molecular flexibility index (Phi) is 5.00. The van der Waals surface area contributed by atoms with E-state index in [0.29, 0.717) is 10.8 Å². The van der Waals surface area contributed by atoms with Crippen LogP contribution in [0.5, 0.6) is 0 Å². The molecule has 1 aliphatic rings. The average molecular weight is 374 g/mol. The number of hydrogen-bond acceptors (Lipinski definition) is 6. The Hall–Kier alpha value is -2.07. The Bertz CT molecular complexity index is 741. The molecule has 2 heterocycles. The summed E-state index contributed by atoms with van der Waals surface area (Å²) in [6.07, 6.45) is -6.31. The molecule has 0 spiro atoms. The van der Waals surface area contributed by atoms with E-state index in [-0.39, 0.29) is 31.5 Å². The third kappa shape index (κ3) is 4.51. The summed E-state index contributed by atoms with van der Waals surface area (Å²) >= 11 is 1.22. The summed E-state index contributed by atoms with van der Waals surface area (Å²) in [5.41, 5.74) is 5.69. The zero-order valence-electron chi connectivity index (χ0n) is 12.8. The standard InChI is InChI=1S/C15H14F4N4OS/c16-9-1-3-10(4-2-9)25-13-7-12(21-14(20)22-13)23-5-6-24-11(8-23)15(17,18)19/h1-4,7,11H,5-6,8H2,(H2,20,21,22)/t11-/m0/s1. The first kappa shape index (κ1) is 17.7. The van der Waals surface area contributed by atoms with Gasteiger partial charge in [0.2, 0.25) is 5.95 Å². The molecule has 1 aromatic carbocycles. The van der Waals surface area contributed by atoms with E-state index in [2.05, 4.69) is 9.97 Å². The fourth-order valence-corrected chi connectivity index (χ4v) is 3.14. The van der Waals surface area contributed by atoms with Crippen molar-refractivity contribution in [1.29, 1.82) is 0 Å². The maximum Gasteiger partial charge on any atom is 0.416 e. The molecule has 2 N–H and O–H groups in total. The van der Waals surface area contributed by atoms with Crippen LogP contribution in [0.4, 0.5) is 29.3 Å². The first-order valence-corrected chi connectivity index (χ1v) is 8.14. The Morgan fingerprint density at radius 1 is 1.20 bits per heavy atom. The van der Waals surface area contributed by atoms with Gasteiger partial charge in [-0.3, -0.25) is 0 Å². The zero-order chi connectivity index (χ0) is 18.0. The predicted molar refractivity (Wildman–Crippen MR) is 85.0 cm³/mol. The summed E-state index contributed by atoms with van der Waals surface area (Å²) in [5, 5.41) is 0.462. The maximum atomic E-state index is 13.0. The van der Waals surface area contributed by atoms with Gasteiger partial charge < -0.3 is 15.4 Å². The zero-order valence-corrected chi connectivity index (χ0v) is 13.6. The summed E-state index contributed by atoms with van der Waals surface area (Å²) in [6, 6.07) is 7.33. The molecular formula is C15H14F4N4OS. The van der Waals surface area contributed by atoms with Crippen molar-refractivity contribution in [2.45, 2.75) is 22.2 Å². The van der Waals surface area contributed by atoms with Crippen molar-refractivity contribution in [3.8, 4) is 0 Å². The van der Waals surface area contributed by atoms with E-state index in [0.717, 1.165) is 4.90 Å². The topological polar surface area (TPSA) is 64.3 Å². The fourth-order valence-electron chi connectivity index (χ4n) is 2.32. The van der Waals surface area contributed by atoms with Gasteiger partial charge in [-0.05, 0) is 24.3 Å². The predicted octanol–water partition coefficient (Wildman–Crippen LogP) is 3.12. The number of nitrogen functional groups attached to an aromatic ring is 1. The molecule has 0 bridgehead atoms. The molecule has 1 aliphatic heterocycles. The first-order valence-electron chi connectivity index (χ1n) is 7.32. The number of morpholine rings is 1. The van der Waals surface area contributed by atoms with Gasteiger partial charge in [0, 0.05) is 17.5 Å². The number of benzene rings is 1. The minimum Gasteiger partial charge on any atom is -0.368 e. The lowest BCUT2D eigenvalue weighted by molar-refractivity contribution is -0.221. The largest absolute Gasteiger partial charge is 0.416 e. The molecule has 0 saturated carbocycles. The number of ether oxygens (including phenoxy) is 1. The second-order valence-corrected chi connectivity index (χ2v) is 6.42. The molecule has 0 radical (unpaired) electrons. The van der Waals surface area contributed by atoms with Crippen LogP contribution in [0.3, 0.4) is 0 Å². The highest BCUT2D eigenvalue weighted by Gasteiger charge is 2.43. The van der Waals surface area contributed by atoms with Crippen molar-refractivity contribution in [2.75, 3.05) is 30.3 Å². The molecule has 1 atom stereocenters. The molecule has 1 fully saturated rings. The lowest BCUT2D eigenvalue weighted by Gasteiger charge is -2.34. The molecule has 10 heteroatoms. The highest BCUT2D eigenvalue weighted by molar-refractivity contribution is 7.99. The van der Waals surface area contributed by atoms with Crippen molar-refractivity contribution >= 4 is 23.5 Å². The molecule has 2 aromatic rings. The second-order valence-electron chi connectivity index (χ2n) is 5.33. The van der Waals surface area contributed by atoms with Crippen LogP contribution in [-0.2, 0) is 4.74 Å². The molecule has 0 aliphatic carbocycles. The van der Waals surface area contributed by atoms with Gasteiger partial charge in [-0.15, -0.1) is 0 Å². The van der Waals surface area contributed by atoms with Gasteiger partial charge in [0.05, 0.1) is 13.2 Å². The summed E-state index contributed by atoms with van der Waals surface area (Å²) in [5.74, 6) is -0.106. The van der Waals surface area contributed by atoms with Crippen LogP contribution >= 0.6 is 11.8 Å². The number of halogens is 4. The minimum atomic E-state index is -4.44. The van der Waals surface area contributed by atoms with Crippen LogP contribution in [0.25, 0.3) is 0 Å². The Balaban J connectivity index is 1.80. The number of rotatable bonds is 3. The van der Waals surface area contributed by atoms with E-state index in [1.165, 1.54) is 28.8 Å². The van der Waals surface area contributed by atoms with Crippen molar-refractivity contribution in [1.82, 2.24) is 9.97 Å². The Morgan fingerprint density at radius 2 is 1.92 bits per heavy atom. The highest BCUT2D eigenvalue weighted by Crippen LogP contribution is 2.31. The van der Waals surface area contributed by atoms with Gasteiger partial charge >= 0.3 is 6.18 Å². The van der Waals surface area contributed by atoms with Crippen molar-refractivity contribution < 1.29 is 22.3 Å². The molecule has 1 aromatic heterocycles. The Labute approximate surface area is 145 Å². The van der Waals surface area contributed by atoms with E-state index in [1.54, 1.807) is 18.2 Å². The summed E-state index contributed by atoms with van der Waals surface area (Å²) in [7, 11) is 0. The van der Waals surface area contributed by atoms with Crippen LogP contribution in [0.2, 0.25) is 0 Å². The second kappa shape index (κ2) is 7.04. The molecule has 0 amide bonds. The van der Waals surface area contributed by atoms with Crippen LogP contribution < -0.4 is 10.6 Å². The first-order chi connectivity index (χ1) is 11.8. The summed E-state index contributed by atoms with van der Waals surface area (Å²) < 4.78 is 56.3. The Morgan fingerprint density at radius 3 is 2.60 bits per heavy atom. The number of anilines is 2. The number of aromatic nitrogens is 2. The van der Waals surface area contributed by atoms with Crippen LogP contribution in [0, 0.1) is 5.82 Å². The van der Waals surface area contributed by atoms with E-state index < -0.39 is 12.3 Å². The molecule has 1 saturated heterocycles. The van der Waals surface area contributed by atoms with Gasteiger partial charge in [0.15, 0.2) is 6.10 Å². The quantitative estimate of drug-likeness (QED) is 0.658. The van der Waals surface area contributed by atoms with E-state index in [4.69, 9.17) is 10.5 Å². The molecule has 3 rings (SSSR count). The molecule has 0 unspecified atom stereocenters. The van der Waals surface area contributed by atoms with Gasteiger partial charge in [-0.25, -0.2) is 9.37 Å². The SMILES string of the molecule is Nc1nc(Sc2ccc(F)cc2)cc(N2CCO[C@H](C(F)(F)F)C2)n1. The van der Waals surface area contributed by atoms with Gasteiger partial charge in [-0.2, -0.15) is 18.2 Å². The summed E-state index contributed by atoms with van der Waals surface area (Å²) in [4.78, 5) is 10.3. The van der Waals surface area contributed by atoms with E-state index >= 15 is 0 Å². The van der Waals surface area contributed by atoms with Gasteiger partial charge in [-0.1, -0.05) is 11.8 Å². The van der Waals surface area contributed by atoms with Gasteiger partial charge in [0.1, 0.15) is 16.7 Å². The lowest BCUT2D eigenvalue weighted by Crippen LogP contribution is -2.49. The maximum absolute atomic E-state index is 13.0. The van der Waals surface area contributed by atoms with E-state index in [1.807, 2.05) is 0 Å². The van der Waals surface area contributed by atoms with Crippen LogP contribution in [0.15, 0.2) is 40.3 Å². The van der Waals surface area contributed by atoms with Crippen molar-refractivity contribution in [3.63, 3.8) is 0 Å². The van der Waals surface area contributed by atoms with Gasteiger partial charge in [0.25, 0.3) is 0 Å². The third-order valence-electron chi connectivity index (χ3n) is 3.50. The number of hydrogen-bond donors (Lipinski definition) is 1. The lowest BCUT2D eigenvalue weighted by atomic mass is 10.2. The molecular weight excluding hydrogens is 360 g/mol. The van der Waals surface area contributed by atoms with Crippen molar-refractivity contribution in [2.24, 2.45) is 0 Å². The molecule has 134 valence electrons. The summed E-state index contributed by atoms with van der Waals surface area (Å²) in [6.45, 7) is -0.154. The average Bonchev–Trinajstić information content (AvgIpc) is 2.56. The molecule has 25 heavy (non-hydrogen) atoms. The van der Waals surface area contributed by atoms with E-state index in [9.17, 15) is 17.6 Å². The molecule has 5 nitrogen and oxygen atoms in total. The smallest absolute Gasteiger partial charge is 0.368 e. The highest BCUT2D eigenvalue weighted by atomic mass is 32.2. The monoisotopic (exact) mass is 374 g/mol. The minimum absolute atomic E-state index is 0.0443. The number of nitrogens with zero attached hydrogens (tertiary/aromatic N) is 3. The number of nitrogens with two attached hydrogens (primary N) is 1. The number of alkyl halides is 3.